The molecule has 2 rings (SSSR count). The van der Waals surface area contributed by atoms with Crippen molar-refractivity contribution in [1.29, 1.82) is 0 Å². The van der Waals surface area contributed by atoms with Crippen LogP contribution >= 0.6 is 0 Å². The fourth-order valence-electron chi connectivity index (χ4n) is 3.62. The molecule has 2 unspecified atom stereocenters. The van der Waals surface area contributed by atoms with Gasteiger partial charge in [-0.25, -0.2) is 0 Å². The lowest BCUT2D eigenvalue weighted by Gasteiger charge is -2.36. The Morgan fingerprint density at radius 2 is 1.67 bits per heavy atom. The normalized spacial score (nSPS) is 16.7. The molecule has 0 saturated carbocycles. The Balaban J connectivity index is 2.11. The Morgan fingerprint density at radius 1 is 1.07 bits per heavy atom. The van der Waals surface area contributed by atoms with Gasteiger partial charge in [0.1, 0.15) is 11.8 Å². The van der Waals surface area contributed by atoms with Crippen LogP contribution in [-0.2, 0) is 9.59 Å². The van der Waals surface area contributed by atoms with E-state index in [9.17, 15) is 14.4 Å². The van der Waals surface area contributed by atoms with Gasteiger partial charge in [0.25, 0.3) is 5.91 Å². The lowest BCUT2D eigenvalue weighted by molar-refractivity contribution is -0.136. The summed E-state index contributed by atoms with van der Waals surface area (Å²) in [5, 5.41) is 5.94. The predicted octanol–water partition coefficient (Wildman–Crippen LogP) is 2.60. The Morgan fingerprint density at radius 3 is 2.17 bits per heavy atom. The lowest BCUT2D eigenvalue weighted by Crippen LogP contribution is -2.55. The van der Waals surface area contributed by atoms with E-state index in [1.807, 2.05) is 32.6 Å². The molecule has 0 radical (unpaired) electrons. The molecule has 1 heterocycles. The van der Waals surface area contributed by atoms with E-state index in [0.717, 1.165) is 6.42 Å². The van der Waals surface area contributed by atoms with Gasteiger partial charge in [-0.05, 0) is 56.4 Å². The fourth-order valence-corrected chi connectivity index (χ4v) is 3.62. The van der Waals surface area contributed by atoms with Gasteiger partial charge in [-0.1, -0.05) is 20.8 Å². The van der Waals surface area contributed by atoms with Crippen LogP contribution in [0.4, 0.5) is 0 Å². The third-order valence-electron chi connectivity index (χ3n) is 5.74. The summed E-state index contributed by atoms with van der Waals surface area (Å²) in [6, 6.07) is 6.20. The number of methoxy groups -OCH3 is 1. The van der Waals surface area contributed by atoms with Crippen molar-refractivity contribution < 1.29 is 19.1 Å². The second-order valence-electron chi connectivity index (χ2n) is 8.31. The summed E-state index contributed by atoms with van der Waals surface area (Å²) in [5.41, 5.74) is 0.476. The van der Waals surface area contributed by atoms with Gasteiger partial charge in [0, 0.05) is 30.6 Å². The molecule has 3 amide bonds. The van der Waals surface area contributed by atoms with Crippen LogP contribution in [0.3, 0.4) is 0 Å². The topological polar surface area (TPSA) is 87.7 Å². The molecule has 2 N–H and O–H groups in total. The summed E-state index contributed by atoms with van der Waals surface area (Å²) in [4.78, 5) is 39.9. The molecule has 0 aromatic heterocycles. The molecule has 1 aromatic carbocycles. The van der Waals surface area contributed by atoms with Gasteiger partial charge in [0.2, 0.25) is 11.8 Å². The molecule has 7 heteroatoms. The van der Waals surface area contributed by atoms with Crippen LogP contribution < -0.4 is 15.4 Å². The summed E-state index contributed by atoms with van der Waals surface area (Å²) in [7, 11) is 1.57. The van der Waals surface area contributed by atoms with Crippen LogP contribution in [0.15, 0.2) is 24.3 Å². The number of nitrogens with zero attached hydrogens (tertiary/aromatic N) is 1. The number of hydrogen-bond donors (Lipinski definition) is 2. The summed E-state index contributed by atoms with van der Waals surface area (Å²) in [5.74, 6) is 0.284. The number of rotatable bonds is 8. The Hall–Kier alpha value is -2.57. The lowest BCUT2D eigenvalue weighted by atomic mass is 9.88. The smallest absolute Gasteiger partial charge is 0.251 e. The zero-order chi connectivity index (χ0) is 22.3. The van der Waals surface area contributed by atoms with Gasteiger partial charge in [-0.2, -0.15) is 0 Å². The molecule has 1 aliphatic heterocycles. The molecule has 2 atom stereocenters. The van der Waals surface area contributed by atoms with Crippen LogP contribution in [-0.4, -0.2) is 54.9 Å². The maximum atomic E-state index is 13.0. The third kappa shape index (κ3) is 6.21. The van der Waals surface area contributed by atoms with E-state index in [1.165, 1.54) is 0 Å². The SMILES string of the molecule is CCC(C)NC(=O)C(NC(=O)c1ccc(OC)cc1)C1CCN(C(=O)C(C)C)CC1. The first kappa shape index (κ1) is 23.7. The molecule has 30 heavy (non-hydrogen) atoms. The summed E-state index contributed by atoms with van der Waals surface area (Å²) in [6.45, 7) is 8.95. The minimum Gasteiger partial charge on any atom is -0.497 e. The molecule has 166 valence electrons. The Labute approximate surface area is 179 Å². The van der Waals surface area contributed by atoms with Crippen molar-refractivity contribution in [3.63, 3.8) is 0 Å². The fraction of sp³-hybridized carbons (Fsp3) is 0.609. The minimum absolute atomic E-state index is 0.0209. The number of likely N-dealkylation sites (tertiary alicyclic amines) is 1. The van der Waals surface area contributed by atoms with Gasteiger partial charge in [0.15, 0.2) is 0 Å². The molecule has 1 aliphatic rings. The highest BCUT2D eigenvalue weighted by molar-refractivity contribution is 5.97. The van der Waals surface area contributed by atoms with Crippen LogP contribution in [0, 0.1) is 11.8 Å². The maximum absolute atomic E-state index is 13.0. The van der Waals surface area contributed by atoms with Crippen molar-refractivity contribution in [3.8, 4) is 5.75 Å². The highest BCUT2D eigenvalue weighted by Crippen LogP contribution is 2.23. The van der Waals surface area contributed by atoms with Crippen LogP contribution in [0.1, 0.15) is 57.3 Å². The maximum Gasteiger partial charge on any atom is 0.251 e. The molecule has 0 aliphatic carbocycles. The summed E-state index contributed by atoms with van der Waals surface area (Å²) >= 11 is 0. The van der Waals surface area contributed by atoms with E-state index in [1.54, 1.807) is 31.4 Å². The zero-order valence-electron chi connectivity index (χ0n) is 18.7. The van der Waals surface area contributed by atoms with Crippen LogP contribution in [0.5, 0.6) is 5.75 Å². The summed E-state index contributed by atoms with van der Waals surface area (Å²) < 4.78 is 5.14. The summed E-state index contributed by atoms with van der Waals surface area (Å²) in [6.07, 6.45) is 2.17. The van der Waals surface area contributed by atoms with Gasteiger partial charge in [-0.15, -0.1) is 0 Å². The first-order chi connectivity index (χ1) is 14.3. The molecule has 7 nitrogen and oxygen atoms in total. The van der Waals surface area contributed by atoms with Crippen molar-refractivity contribution in [2.75, 3.05) is 20.2 Å². The van der Waals surface area contributed by atoms with E-state index in [2.05, 4.69) is 10.6 Å². The highest BCUT2D eigenvalue weighted by atomic mass is 16.5. The van der Waals surface area contributed by atoms with Crippen molar-refractivity contribution in [1.82, 2.24) is 15.5 Å². The average molecular weight is 418 g/mol. The quantitative estimate of drug-likeness (QED) is 0.681. The van der Waals surface area contributed by atoms with Gasteiger partial charge < -0.3 is 20.3 Å². The number of nitrogens with one attached hydrogen (secondary N) is 2. The predicted molar refractivity (Wildman–Crippen MR) is 116 cm³/mol. The standard InChI is InChI=1S/C23H35N3O4/c1-6-16(4)24-22(28)20(17-11-13-26(14-12-17)23(29)15(2)3)25-21(27)18-7-9-19(30-5)10-8-18/h7-10,15-17,20H,6,11-14H2,1-5H3,(H,24,28)(H,25,27). The van der Waals surface area contributed by atoms with Crippen LogP contribution in [0.25, 0.3) is 0 Å². The minimum atomic E-state index is -0.634. The number of amides is 3. The molecule has 1 fully saturated rings. The second kappa shape index (κ2) is 11.0. The molecule has 0 bridgehead atoms. The van der Waals surface area contributed by atoms with E-state index in [-0.39, 0.29) is 35.6 Å². The van der Waals surface area contributed by atoms with Crippen molar-refractivity contribution in [2.24, 2.45) is 11.8 Å². The van der Waals surface area contributed by atoms with Crippen molar-refractivity contribution in [3.05, 3.63) is 29.8 Å². The largest absolute Gasteiger partial charge is 0.497 e. The molecule has 1 aromatic rings. The van der Waals surface area contributed by atoms with E-state index in [0.29, 0.717) is 37.2 Å². The van der Waals surface area contributed by atoms with E-state index in [4.69, 9.17) is 4.74 Å². The first-order valence-corrected chi connectivity index (χ1v) is 10.8. The third-order valence-corrected chi connectivity index (χ3v) is 5.74. The average Bonchev–Trinajstić information content (AvgIpc) is 2.76. The number of ether oxygens (including phenoxy) is 1. The van der Waals surface area contributed by atoms with Crippen molar-refractivity contribution >= 4 is 17.7 Å². The number of hydrogen-bond acceptors (Lipinski definition) is 4. The van der Waals surface area contributed by atoms with Gasteiger partial charge in [0.05, 0.1) is 7.11 Å². The second-order valence-corrected chi connectivity index (χ2v) is 8.31. The Kier molecular flexibility index (Phi) is 8.69. The molecule has 1 saturated heterocycles. The molecular weight excluding hydrogens is 382 g/mol. The van der Waals surface area contributed by atoms with E-state index < -0.39 is 6.04 Å². The number of carbonyl (C=O) groups is 3. The number of benzene rings is 1. The van der Waals surface area contributed by atoms with Gasteiger partial charge in [-0.3, -0.25) is 14.4 Å². The highest BCUT2D eigenvalue weighted by Gasteiger charge is 2.34. The monoisotopic (exact) mass is 417 g/mol. The molecular formula is C23H35N3O4. The molecule has 0 spiro atoms. The van der Waals surface area contributed by atoms with E-state index >= 15 is 0 Å². The number of piperidine rings is 1. The Bertz CT molecular complexity index is 724. The van der Waals surface area contributed by atoms with Crippen LogP contribution in [0.2, 0.25) is 0 Å². The van der Waals surface area contributed by atoms with Gasteiger partial charge >= 0.3 is 0 Å². The zero-order valence-corrected chi connectivity index (χ0v) is 18.7. The first-order valence-electron chi connectivity index (χ1n) is 10.8. The number of carbonyl (C=O) groups excluding carboxylic acids is 3. The van der Waals surface area contributed by atoms with Crippen molar-refractivity contribution in [2.45, 2.75) is 59.0 Å².